The molecule has 0 saturated carbocycles. The Hall–Kier alpha value is -2.50. The number of ether oxygens (including phenoxy) is 1. The quantitative estimate of drug-likeness (QED) is 0.302. The lowest BCUT2D eigenvalue weighted by atomic mass is 10.1. The van der Waals surface area contributed by atoms with Crippen molar-refractivity contribution in [1.29, 1.82) is 0 Å². The zero-order valence-electron chi connectivity index (χ0n) is 15.6. The van der Waals surface area contributed by atoms with Crippen molar-refractivity contribution in [2.45, 2.75) is 17.7 Å². The second-order valence-corrected chi connectivity index (χ2v) is 8.59. The molecule has 0 aromatic heterocycles. The molecule has 9 nitrogen and oxygen atoms in total. The summed E-state index contributed by atoms with van der Waals surface area (Å²) in [4.78, 5) is 21.8. The van der Waals surface area contributed by atoms with E-state index in [0.29, 0.717) is 12.2 Å². The number of carbonyl (C=O) groups is 1. The van der Waals surface area contributed by atoms with Crippen molar-refractivity contribution >= 4 is 37.5 Å². The molecule has 156 valence electrons. The average Bonchev–Trinajstić information content (AvgIpc) is 2.70. The smallest absolute Gasteiger partial charge is 0.270 e. The summed E-state index contributed by atoms with van der Waals surface area (Å²) >= 11 is 3.39. The second-order valence-electron chi connectivity index (χ2n) is 5.97. The van der Waals surface area contributed by atoms with Gasteiger partial charge in [0.05, 0.1) is 21.4 Å². The predicted octanol–water partition coefficient (Wildman–Crippen LogP) is 2.39. The van der Waals surface area contributed by atoms with Gasteiger partial charge in [-0.2, -0.15) is 0 Å². The minimum absolute atomic E-state index is 0.0369. The molecule has 0 radical (unpaired) electrons. The summed E-state index contributed by atoms with van der Waals surface area (Å²) in [5.41, 5.74) is 0.644. The summed E-state index contributed by atoms with van der Waals surface area (Å²) in [7, 11) is -2.33. The van der Waals surface area contributed by atoms with Crippen LogP contribution in [0.1, 0.15) is 12.0 Å². The van der Waals surface area contributed by atoms with E-state index in [1.54, 1.807) is 13.2 Å². The number of sulfonamides is 1. The van der Waals surface area contributed by atoms with E-state index in [0.717, 1.165) is 16.1 Å². The maximum Gasteiger partial charge on any atom is 0.270 e. The minimum Gasteiger partial charge on any atom is -0.496 e. The van der Waals surface area contributed by atoms with Crippen molar-refractivity contribution in [2.24, 2.45) is 0 Å². The van der Waals surface area contributed by atoms with Crippen molar-refractivity contribution in [3.63, 3.8) is 0 Å². The monoisotopic (exact) mass is 485 g/mol. The number of carbonyl (C=O) groups excluding carboxylic acids is 1. The topological polar surface area (TPSA) is 128 Å². The standard InChI is InChI=1S/C18H20BrN3O6S/c1-28-17-7-5-13(11-16(17)19)6-8-18(23)20-9-10-21-29(26,27)15-4-2-3-14(12-15)22(24)25/h2-5,7,11-12,21H,6,8-10H2,1H3,(H,20,23). The van der Waals surface area contributed by atoms with E-state index < -0.39 is 14.9 Å². The maximum atomic E-state index is 12.2. The molecular weight excluding hydrogens is 466 g/mol. The Morgan fingerprint density at radius 2 is 1.97 bits per heavy atom. The third kappa shape index (κ3) is 6.80. The van der Waals surface area contributed by atoms with E-state index in [4.69, 9.17) is 4.74 Å². The van der Waals surface area contributed by atoms with Crippen LogP contribution in [0.25, 0.3) is 0 Å². The molecule has 0 unspecified atom stereocenters. The van der Waals surface area contributed by atoms with E-state index in [1.165, 1.54) is 18.2 Å². The molecule has 0 atom stereocenters. The van der Waals surface area contributed by atoms with Crippen LogP contribution in [0, 0.1) is 10.1 Å². The summed E-state index contributed by atoms with van der Waals surface area (Å²) in [6.45, 7) is 0.0597. The highest BCUT2D eigenvalue weighted by Gasteiger charge is 2.17. The molecule has 0 aliphatic carbocycles. The Morgan fingerprint density at radius 1 is 1.21 bits per heavy atom. The van der Waals surface area contributed by atoms with E-state index in [-0.39, 0.29) is 36.0 Å². The van der Waals surface area contributed by atoms with Crippen molar-refractivity contribution < 1.29 is 22.9 Å². The van der Waals surface area contributed by atoms with Crippen molar-refractivity contribution in [1.82, 2.24) is 10.0 Å². The van der Waals surface area contributed by atoms with Crippen molar-refractivity contribution in [3.8, 4) is 5.75 Å². The number of aryl methyl sites for hydroxylation is 1. The fourth-order valence-electron chi connectivity index (χ4n) is 2.45. The number of rotatable bonds is 10. The lowest BCUT2D eigenvalue weighted by Crippen LogP contribution is -2.34. The first-order valence-corrected chi connectivity index (χ1v) is 10.8. The van der Waals surface area contributed by atoms with Crippen LogP contribution in [0.4, 0.5) is 5.69 Å². The van der Waals surface area contributed by atoms with Gasteiger partial charge in [-0.05, 0) is 46.1 Å². The van der Waals surface area contributed by atoms with Crippen LogP contribution in [-0.4, -0.2) is 39.4 Å². The molecule has 2 rings (SSSR count). The van der Waals surface area contributed by atoms with E-state index in [2.05, 4.69) is 26.0 Å². The highest BCUT2D eigenvalue weighted by Crippen LogP contribution is 2.25. The Kier molecular flexibility index (Phi) is 8.11. The number of methoxy groups -OCH3 is 1. The van der Waals surface area contributed by atoms with Gasteiger partial charge in [0, 0.05) is 31.6 Å². The molecule has 0 saturated heterocycles. The zero-order chi connectivity index (χ0) is 21.4. The third-order valence-electron chi connectivity index (χ3n) is 3.93. The van der Waals surface area contributed by atoms with Crippen LogP contribution in [-0.2, 0) is 21.2 Å². The highest BCUT2D eigenvalue weighted by atomic mass is 79.9. The Balaban J connectivity index is 1.78. The molecule has 2 aromatic rings. The van der Waals surface area contributed by atoms with Crippen LogP contribution >= 0.6 is 15.9 Å². The molecule has 29 heavy (non-hydrogen) atoms. The minimum atomic E-state index is -3.90. The van der Waals surface area contributed by atoms with Gasteiger partial charge in [0.15, 0.2) is 0 Å². The third-order valence-corrected chi connectivity index (χ3v) is 6.01. The lowest BCUT2D eigenvalue weighted by Gasteiger charge is -2.09. The number of nitro benzene ring substituents is 1. The average molecular weight is 486 g/mol. The normalized spacial score (nSPS) is 11.1. The summed E-state index contributed by atoms with van der Waals surface area (Å²) < 4.78 is 32.6. The van der Waals surface area contributed by atoms with Gasteiger partial charge in [-0.1, -0.05) is 12.1 Å². The van der Waals surface area contributed by atoms with Crippen LogP contribution in [0.5, 0.6) is 5.75 Å². The first-order valence-electron chi connectivity index (χ1n) is 8.56. The molecule has 0 spiro atoms. The van der Waals surface area contributed by atoms with Crippen molar-refractivity contribution in [3.05, 3.63) is 62.6 Å². The molecule has 0 heterocycles. The maximum absolute atomic E-state index is 12.2. The number of hydrogen-bond donors (Lipinski definition) is 2. The van der Waals surface area contributed by atoms with Gasteiger partial charge in [-0.15, -0.1) is 0 Å². The number of halogens is 1. The van der Waals surface area contributed by atoms with Gasteiger partial charge in [-0.25, -0.2) is 13.1 Å². The fraction of sp³-hybridized carbons (Fsp3) is 0.278. The Morgan fingerprint density at radius 3 is 2.62 bits per heavy atom. The number of amides is 1. The first kappa shape index (κ1) is 22.8. The van der Waals surface area contributed by atoms with Gasteiger partial charge in [0.25, 0.3) is 5.69 Å². The molecule has 0 bridgehead atoms. The molecule has 2 N–H and O–H groups in total. The molecule has 1 amide bonds. The van der Waals surface area contributed by atoms with Gasteiger partial charge < -0.3 is 10.1 Å². The Labute approximate surface area is 176 Å². The summed E-state index contributed by atoms with van der Waals surface area (Å²) in [6, 6.07) is 10.3. The number of nitro groups is 1. The largest absolute Gasteiger partial charge is 0.496 e. The van der Waals surface area contributed by atoms with Crippen LogP contribution < -0.4 is 14.8 Å². The number of benzene rings is 2. The molecule has 2 aromatic carbocycles. The van der Waals surface area contributed by atoms with Gasteiger partial charge >= 0.3 is 0 Å². The summed E-state index contributed by atoms with van der Waals surface area (Å²) in [5.74, 6) is 0.487. The number of nitrogens with one attached hydrogen (secondary N) is 2. The highest BCUT2D eigenvalue weighted by molar-refractivity contribution is 9.10. The van der Waals surface area contributed by atoms with E-state index in [1.807, 2.05) is 12.1 Å². The van der Waals surface area contributed by atoms with Crippen LogP contribution in [0.2, 0.25) is 0 Å². The molecule has 0 aliphatic heterocycles. The molecule has 11 heteroatoms. The molecule has 0 fully saturated rings. The summed E-state index contributed by atoms with van der Waals surface area (Å²) in [6.07, 6.45) is 0.768. The fourth-order valence-corrected chi connectivity index (χ4v) is 4.11. The number of nitrogens with zero attached hydrogens (tertiary/aromatic N) is 1. The van der Waals surface area contributed by atoms with Crippen LogP contribution in [0.3, 0.4) is 0 Å². The summed E-state index contributed by atoms with van der Waals surface area (Å²) in [5, 5.41) is 13.4. The van der Waals surface area contributed by atoms with Crippen molar-refractivity contribution in [2.75, 3.05) is 20.2 Å². The lowest BCUT2D eigenvalue weighted by molar-refractivity contribution is -0.385. The number of hydrogen-bond acceptors (Lipinski definition) is 6. The second kappa shape index (κ2) is 10.3. The Bertz CT molecular complexity index is 997. The number of non-ortho nitro benzene ring substituents is 1. The van der Waals surface area contributed by atoms with Crippen LogP contribution in [0.15, 0.2) is 51.8 Å². The molecular formula is C18H20BrN3O6S. The van der Waals surface area contributed by atoms with Gasteiger partial charge in [0.2, 0.25) is 15.9 Å². The van der Waals surface area contributed by atoms with E-state index >= 15 is 0 Å². The predicted molar refractivity (Wildman–Crippen MR) is 110 cm³/mol. The van der Waals surface area contributed by atoms with E-state index in [9.17, 15) is 23.3 Å². The van der Waals surface area contributed by atoms with Gasteiger partial charge in [0.1, 0.15) is 5.75 Å². The first-order chi connectivity index (χ1) is 13.7. The zero-order valence-corrected chi connectivity index (χ0v) is 18.0. The molecule has 0 aliphatic rings. The van der Waals surface area contributed by atoms with Gasteiger partial charge in [-0.3, -0.25) is 14.9 Å². The SMILES string of the molecule is COc1ccc(CCC(=O)NCCNS(=O)(=O)c2cccc([N+](=O)[O-])c2)cc1Br.